The molecule has 35 heavy (non-hydrogen) atoms. The molecule has 0 amide bonds. The number of carboxylic acids is 1. The minimum Gasteiger partial charge on any atom is -0.497 e. The van der Waals surface area contributed by atoms with E-state index in [1.807, 2.05) is 54.3 Å². The second kappa shape index (κ2) is 11.4. The van der Waals surface area contributed by atoms with Crippen molar-refractivity contribution in [2.45, 2.75) is 31.8 Å². The molecule has 3 aromatic rings. The minimum absolute atomic E-state index is 0.0428. The number of pyridine rings is 1. The summed E-state index contributed by atoms with van der Waals surface area (Å²) in [5.74, 6) is 6.66. The highest BCUT2D eigenvalue weighted by molar-refractivity contribution is 5.83. The number of aromatic nitrogens is 2. The van der Waals surface area contributed by atoms with Crippen LogP contribution in [0, 0.1) is 23.7 Å². The zero-order chi connectivity index (χ0) is 24.8. The average Bonchev–Trinajstić information content (AvgIpc) is 3.27. The number of aryl methyl sites for hydroxylation is 1. The zero-order valence-corrected chi connectivity index (χ0v) is 20.4. The molecule has 2 N–H and O–H groups in total. The van der Waals surface area contributed by atoms with Crippen molar-refractivity contribution in [1.82, 2.24) is 14.5 Å². The van der Waals surface area contributed by atoms with Gasteiger partial charge in [-0.2, -0.15) is 0 Å². The number of nitrogens with zero attached hydrogens (tertiary/aromatic N) is 3. The van der Waals surface area contributed by atoms with Crippen LogP contribution < -0.4 is 4.74 Å². The first-order valence-corrected chi connectivity index (χ1v) is 12.1. The normalized spacial score (nSPS) is 19.2. The maximum absolute atomic E-state index is 11.6. The van der Waals surface area contributed by atoms with Crippen LogP contribution in [0.2, 0.25) is 0 Å². The van der Waals surface area contributed by atoms with Gasteiger partial charge in [0.25, 0.3) is 0 Å². The van der Waals surface area contributed by atoms with Crippen molar-refractivity contribution >= 4 is 16.9 Å². The lowest BCUT2D eigenvalue weighted by molar-refractivity contribution is -0.139. The van der Waals surface area contributed by atoms with E-state index in [0.29, 0.717) is 19.5 Å². The molecule has 0 radical (unpaired) electrons. The Morgan fingerprint density at radius 2 is 2.14 bits per heavy atom. The van der Waals surface area contributed by atoms with Gasteiger partial charge in [0.1, 0.15) is 5.75 Å². The Morgan fingerprint density at radius 3 is 2.89 bits per heavy atom. The summed E-state index contributed by atoms with van der Waals surface area (Å²) in [5.41, 5.74) is 2.63. The van der Waals surface area contributed by atoms with E-state index in [-0.39, 0.29) is 18.3 Å². The standard InChI is InChI=1S/C28H33N3O4/c1-30-14-10-20(18-30)4-3-13-31-15-11-21(22(19-31)16-28(33)34)5-8-27(32)24-9-12-29-26-7-6-23(35-2)17-25(24)26/h6-7,9-10,12,14,17-18,21-22,27,32H,5,8,11,13,15-16,19H2,1-2H3,(H,33,34)/t21-,22+,27?/m1/s1. The van der Waals surface area contributed by atoms with E-state index in [2.05, 4.69) is 21.7 Å². The maximum atomic E-state index is 11.6. The van der Waals surface area contributed by atoms with Crippen LogP contribution in [0.25, 0.3) is 10.9 Å². The molecule has 1 aliphatic rings. The summed E-state index contributed by atoms with van der Waals surface area (Å²) < 4.78 is 7.32. The fraction of sp³-hybridized carbons (Fsp3) is 0.429. The number of aliphatic carboxylic acids is 1. The van der Waals surface area contributed by atoms with Gasteiger partial charge in [0, 0.05) is 49.6 Å². The molecule has 0 saturated carbocycles. The second-order valence-electron chi connectivity index (χ2n) is 9.39. The van der Waals surface area contributed by atoms with E-state index in [1.54, 1.807) is 13.3 Å². The highest BCUT2D eigenvalue weighted by atomic mass is 16.5. The molecule has 1 fully saturated rings. The van der Waals surface area contributed by atoms with Crippen LogP contribution in [0.3, 0.4) is 0 Å². The molecule has 1 saturated heterocycles. The number of ether oxygens (including phenoxy) is 1. The molecule has 1 aliphatic heterocycles. The minimum atomic E-state index is -0.773. The number of carbonyl (C=O) groups is 1. The zero-order valence-electron chi connectivity index (χ0n) is 20.4. The van der Waals surface area contributed by atoms with E-state index in [0.717, 1.165) is 47.2 Å². The van der Waals surface area contributed by atoms with Crippen molar-refractivity contribution in [3.8, 4) is 17.6 Å². The third-order valence-electron chi connectivity index (χ3n) is 6.93. The topological polar surface area (TPSA) is 87.8 Å². The molecule has 7 heteroatoms. The molecule has 3 heterocycles. The first-order valence-electron chi connectivity index (χ1n) is 12.1. The number of piperidine rings is 1. The van der Waals surface area contributed by atoms with Gasteiger partial charge in [0.05, 0.1) is 25.3 Å². The number of rotatable bonds is 8. The van der Waals surface area contributed by atoms with Crippen molar-refractivity contribution in [2.24, 2.45) is 18.9 Å². The van der Waals surface area contributed by atoms with E-state index >= 15 is 0 Å². The van der Waals surface area contributed by atoms with Crippen LogP contribution in [0.15, 0.2) is 48.9 Å². The molecule has 184 valence electrons. The predicted molar refractivity (Wildman–Crippen MR) is 135 cm³/mol. The van der Waals surface area contributed by atoms with Crippen molar-refractivity contribution in [3.05, 3.63) is 60.0 Å². The Bertz CT molecular complexity index is 1230. The molecular formula is C28H33N3O4. The van der Waals surface area contributed by atoms with Crippen LogP contribution in [0.1, 0.15) is 42.9 Å². The molecule has 4 rings (SSSR count). The van der Waals surface area contributed by atoms with E-state index in [1.165, 1.54) is 0 Å². The summed E-state index contributed by atoms with van der Waals surface area (Å²) >= 11 is 0. The Hall–Kier alpha value is -3.34. The second-order valence-corrected chi connectivity index (χ2v) is 9.39. The molecule has 7 nitrogen and oxygen atoms in total. The predicted octanol–water partition coefficient (Wildman–Crippen LogP) is 3.86. The monoisotopic (exact) mass is 475 g/mol. The molecule has 2 aromatic heterocycles. The maximum Gasteiger partial charge on any atom is 0.303 e. The summed E-state index contributed by atoms with van der Waals surface area (Å²) in [6.07, 6.45) is 7.42. The van der Waals surface area contributed by atoms with Gasteiger partial charge in [-0.1, -0.05) is 11.8 Å². The number of benzene rings is 1. The van der Waals surface area contributed by atoms with Gasteiger partial charge < -0.3 is 19.5 Å². The summed E-state index contributed by atoms with van der Waals surface area (Å²) in [7, 11) is 3.59. The number of aliphatic hydroxyl groups is 1. The van der Waals surface area contributed by atoms with Crippen LogP contribution in [0.4, 0.5) is 0 Å². The smallest absolute Gasteiger partial charge is 0.303 e. The highest BCUT2D eigenvalue weighted by Gasteiger charge is 2.31. The summed E-state index contributed by atoms with van der Waals surface area (Å²) in [4.78, 5) is 18.2. The number of fused-ring (bicyclic) bond motifs is 1. The molecular weight excluding hydrogens is 442 g/mol. The lowest BCUT2D eigenvalue weighted by Gasteiger charge is -2.37. The number of likely N-dealkylation sites (tertiary alicyclic amines) is 1. The van der Waals surface area contributed by atoms with Crippen molar-refractivity contribution < 1.29 is 19.7 Å². The van der Waals surface area contributed by atoms with Gasteiger partial charge in [-0.3, -0.25) is 14.7 Å². The lowest BCUT2D eigenvalue weighted by Crippen LogP contribution is -2.41. The third-order valence-corrected chi connectivity index (χ3v) is 6.93. The molecule has 0 spiro atoms. The van der Waals surface area contributed by atoms with Gasteiger partial charge in [-0.15, -0.1) is 0 Å². The number of aliphatic hydroxyl groups excluding tert-OH is 1. The van der Waals surface area contributed by atoms with Gasteiger partial charge >= 0.3 is 5.97 Å². The number of hydrogen-bond acceptors (Lipinski definition) is 5. The van der Waals surface area contributed by atoms with Gasteiger partial charge in [-0.25, -0.2) is 0 Å². The average molecular weight is 476 g/mol. The first-order chi connectivity index (χ1) is 16.9. The third kappa shape index (κ3) is 6.41. The molecule has 1 unspecified atom stereocenters. The quantitative estimate of drug-likeness (QED) is 0.481. The molecule has 3 atom stereocenters. The van der Waals surface area contributed by atoms with Gasteiger partial charge in [0.2, 0.25) is 0 Å². The molecule has 1 aromatic carbocycles. The van der Waals surface area contributed by atoms with Crippen LogP contribution in [-0.2, 0) is 11.8 Å². The van der Waals surface area contributed by atoms with Gasteiger partial charge in [-0.05, 0) is 73.5 Å². The lowest BCUT2D eigenvalue weighted by atomic mass is 9.79. The largest absolute Gasteiger partial charge is 0.497 e. The van der Waals surface area contributed by atoms with Crippen molar-refractivity contribution in [3.63, 3.8) is 0 Å². The van der Waals surface area contributed by atoms with Crippen LogP contribution in [0.5, 0.6) is 5.75 Å². The van der Waals surface area contributed by atoms with E-state index < -0.39 is 12.1 Å². The van der Waals surface area contributed by atoms with Crippen molar-refractivity contribution in [2.75, 3.05) is 26.7 Å². The number of carboxylic acid groups (broad SMARTS) is 1. The van der Waals surface area contributed by atoms with E-state index in [9.17, 15) is 15.0 Å². The molecule has 0 aliphatic carbocycles. The van der Waals surface area contributed by atoms with Crippen molar-refractivity contribution in [1.29, 1.82) is 0 Å². The number of hydrogen-bond donors (Lipinski definition) is 2. The number of methoxy groups -OCH3 is 1. The Labute approximate surface area is 206 Å². The Kier molecular flexibility index (Phi) is 8.06. The fourth-order valence-corrected chi connectivity index (χ4v) is 5.06. The summed E-state index contributed by atoms with van der Waals surface area (Å²) in [6.45, 7) is 2.23. The Balaban J connectivity index is 1.39. The molecule has 0 bridgehead atoms. The van der Waals surface area contributed by atoms with Crippen LogP contribution in [-0.4, -0.2) is 57.4 Å². The summed E-state index contributed by atoms with van der Waals surface area (Å²) in [6, 6.07) is 9.50. The first kappa shape index (κ1) is 24.8. The van der Waals surface area contributed by atoms with E-state index in [4.69, 9.17) is 4.74 Å². The summed E-state index contributed by atoms with van der Waals surface area (Å²) in [5, 5.41) is 21.4. The SMILES string of the molecule is COc1ccc2nccc(C(O)CC[C@@H]3CCN(CC#Cc4ccn(C)c4)C[C@@H]3CC(=O)O)c2c1. The highest BCUT2D eigenvalue weighted by Crippen LogP contribution is 2.34. The van der Waals surface area contributed by atoms with Gasteiger partial charge in [0.15, 0.2) is 0 Å². The Morgan fingerprint density at radius 1 is 1.29 bits per heavy atom. The van der Waals surface area contributed by atoms with Crippen LogP contribution >= 0.6 is 0 Å². The fourth-order valence-electron chi connectivity index (χ4n) is 5.06.